The Morgan fingerprint density at radius 3 is 2.61 bits per heavy atom. The van der Waals surface area contributed by atoms with Crippen molar-refractivity contribution in [1.29, 1.82) is 0 Å². The van der Waals surface area contributed by atoms with Crippen LogP contribution in [0.4, 0.5) is 4.39 Å². The zero-order valence-electron chi connectivity index (χ0n) is 9.52. The van der Waals surface area contributed by atoms with Crippen LogP contribution in [0.2, 0.25) is 5.15 Å². The van der Waals surface area contributed by atoms with Gasteiger partial charge >= 0.3 is 5.97 Å². The van der Waals surface area contributed by atoms with Gasteiger partial charge in [-0.2, -0.15) is 5.10 Å². The number of carbonyl (C=O) groups is 1. The van der Waals surface area contributed by atoms with Gasteiger partial charge in [0.05, 0.1) is 17.8 Å². The van der Waals surface area contributed by atoms with E-state index in [-0.39, 0.29) is 17.4 Å². The molecular weight excluding hydrogens is 259 g/mol. The molecule has 94 valence electrons. The van der Waals surface area contributed by atoms with Gasteiger partial charge in [-0.1, -0.05) is 11.6 Å². The molecule has 0 atom stereocenters. The first kappa shape index (κ1) is 12.6. The van der Waals surface area contributed by atoms with Crippen molar-refractivity contribution in [1.82, 2.24) is 9.78 Å². The van der Waals surface area contributed by atoms with Gasteiger partial charge in [0, 0.05) is 5.56 Å². The minimum absolute atomic E-state index is 0.189. The summed E-state index contributed by atoms with van der Waals surface area (Å²) in [6, 6.07) is 5.63. The lowest BCUT2D eigenvalue weighted by Crippen LogP contribution is -2.01. The molecule has 1 heterocycles. The molecule has 0 aliphatic heterocycles. The van der Waals surface area contributed by atoms with Gasteiger partial charge in [0.15, 0.2) is 0 Å². The number of halogens is 2. The van der Waals surface area contributed by atoms with Crippen molar-refractivity contribution in [2.24, 2.45) is 0 Å². The number of aromatic nitrogens is 2. The molecule has 1 N–H and O–H groups in total. The van der Waals surface area contributed by atoms with Gasteiger partial charge in [0.1, 0.15) is 11.0 Å². The van der Waals surface area contributed by atoms with Crippen molar-refractivity contribution >= 4 is 17.6 Å². The van der Waals surface area contributed by atoms with E-state index in [1.54, 1.807) is 6.92 Å². The Hall–Kier alpha value is -1.88. The molecule has 18 heavy (non-hydrogen) atoms. The Labute approximate surface area is 108 Å². The fourth-order valence-corrected chi connectivity index (χ4v) is 1.98. The van der Waals surface area contributed by atoms with Crippen LogP contribution in [0.25, 0.3) is 5.69 Å². The van der Waals surface area contributed by atoms with E-state index in [1.807, 2.05) is 0 Å². The molecule has 0 saturated carbocycles. The second-order valence-electron chi connectivity index (χ2n) is 3.81. The van der Waals surface area contributed by atoms with Crippen LogP contribution >= 0.6 is 11.6 Å². The van der Waals surface area contributed by atoms with Crippen molar-refractivity contribution in [3.8, 4) is 5.69 Å². The topological polar surface area (TPSA) is 55.1 Å². The Morgan fingerprint density at radius 1 is 1.44 bits per heavy atom. The number of benzene rings is 1. The zero-order chi connectivity index (χ0) is 13.3. The Kier molecular flexibility index (Phi) is 3.34. The van der Waals surface area contributed by atoms with Gasteiger partial charge in [0.2, 0.25) is 0 Å². The fourth-order valence-electron chi connectivity index (χ4n) is 1.64. The summed E-state index contributed by atoms with van der Waals surface area (Å²) in [7, 11) is 0. The van der Waals surface area contributed by atoms with Crippen LogP contribution in [0.3, 0.4) is 0 Å². The second-order valence-corrected chi connectivity index (χ2v) is 4.17. The predicted molar refractivity (Wildman–Crippen MR) is 64.6 cm³/mol. The standard InChI is InChI=1S/C12H10ClFN2O2/c1-7-10(6-11(17)18)12(13)16(15-7)9-4-2-8(14)3-5-9/h2-5H,6H2,1H3,(H,17,18). The smallest absolute Gasteiger partial charge is 0.308 e. The average Bonchev–Trinajstić information content (AvgIpc) is 2.58. The molecule has 0 saturated heterocycles. The number of aryl methyl sites for hydroxylation is 1. The largest absolute Gasteiger partial charge is 0.481 e. The zero-order valence-corrected chi connectivity index (χ0v) is 10.3. The molecule has 2 aromatic rings. The van der Waals surface area contributed by atoms with Crippen LogP contribution in [0.5, 0.6) is 0 Å². The van der Waals surface area contributed by atoms with E-state index < -0.39 is 5.97 Å². The van der Waals surface area contributed by atoms with Crippen LogP contribution in [0.1, 0.15) is 11.3 Å². The average molecular weight is 269 g/mol. The third-order valence-electron chi connectivity index (χ3n) is 2.52. The summed E-state index contributed by atoms with van der Waals surface area (Å²) in [5.41, 5.74) is 1.60. The molecule has 0 aliphatic carbocycles. The lowest BCUT2D eigenvalue weighted by molar-refractivity contribution is -0.136. The highest BCUT2D eigenvalue weighted by Gasteiger charge is 2.16. The van der Waals surface area contributed by atoms with Crippen molar-refractivity contribution in [3.05, 3.63) is 46.5 Å². The highest BCUT2D eigenvalue weighted by atomic mass is 35.5. The Morgan fingerprint density at radius 2 is 2.06 bits per heavy atom. The quantitative estimate of drug-likeness (QED) is 0.931. The lowest BCUT2D eigenvalue weighted by atomic mass is 10.2. The lowest BCUT2D eigenvalue weighted by Gasteiger charge is -2.02. The van der Waals surface area contributed by atoms with Gasteiger partial charge in [-0.25, -0.2) is 9.07 Å². The molecule has 1 aromatic carbocycles. The Balaban J connectivity index is 2.46. The monoisotopic (exact) mass is 268 g/mol. The highest BCUT2D eigenvalue weighted by Crippen LogP contribution is 2.24. The van der Waals surface area contributed by atoms with E-state index in [0.717, 1.165) is 0 Å². The summed E-state index contributed by atoms with van der Waals surface area (Å²) in [5.74, 6) is -1.33. The summed E-state index contributed by atoms with van der Waals surface area (Å²) in [6.45, 7) is 1.68. The summed E-state index contributed by atoms with van der Waals surface area (Å²) >= 11 is 6.09. The third kappa shape index (κ3) is 2.36. The summed E-state index contributed by atoms with van der Waals surface area (Å²) < 4.78 is 14.2. The van der Waals surface area contributed by atoms with E-state index >= 15 is 0 Å². The molecule has 4 nitrogen and oxygen atoms in total. The van der Waals surface area contributed by atoms with Gasteiger partial charge in [0.25, 0.3) is 0 Å². The minimum Gasteiger partial charge on any atom is -0.481 e. The number of nitrogens with zero attached hydrogens (tertiary/aromatic N) is 2. The predicted octanol–water partition coefficient (Wildman–Crippen LogP) is 2.60. The number of hydrogen-bond acceptors (Lipinski definition) is 2. The van der Waals surface area contributed by atoms with Crippen LogP contribution in [-0.2, 0) is 11.2 Å². The van der Waals surface area contributed by atoms with Gasteiger partial charge < -0.3 is 5.11 Å². The van der Waals surface area contributed by atoms with E-state index in [0.29, 0.717) is 16.9 Å². The summed E-state index contributed by atoms with van der Waals surface area (Å²) in [6.07, 6.45) is -0.189. The van der Waals surface area contributed by atoms with Crippen molar-refractivity contribution in [2.75, 3.05) is 0 Å². The number of rotatable bonds is 3. The van der Waals surface area contributed by atoms with E-state index in [9.17, 15) is 9.18 Å². The Bertz CT molecular complexity index is 593. The maximum absolute atomic E-state index is 12.8. The van der Waals surface area contributed by atoms with Gasteiger partial charge in [-0.3, -0.25) is 4.79 Å². The van der Waals surface area contributed by atoms with Gasteiger partial charge in [-0.05, 0) is 31.2 Å². The molecule has 0 amide bonds. The molecule has 2 rings (SSSR count). The van der Waals surface area contributed by atoms with E-state index in [4.69, 9.17) is 16.7 Å². The molecule has 0 bridgehead atoms. The minimum atomic E-state index is -0.973. The number of carboxylic acids is 1. The van der Waals surface area contributed by atoms with E-state index in [1.165, 1.54) is 28.9 Å². The van der Waals surface area contributed by atoms with Crippen molar-refractivity contribution in [3.63, 3.8) is 0 Å². The molecule has 0 radical (unpaired) electrons. The first-order chi connectivity index (χ1) is 8.49. The molecule has 1 aromatic heterocycles. The van der Waals surface area contributed by atoms with Crippen molar-refractivity contribution < 1.29 is 14.3 Å². The third-order valence-corrected chi connectivity index (χ3v) is 2.91. The maximum Gasteiger partial charge on any atom is 0.308 e. The first-order valence-corrected chi connectivity index (χ1v) is 5.58. The van der Waals surface area contributed by atoms with Crippen LogP contribution in [-0.4, -0.2) is 20.9 Å². The van der Waals surface area contributed by atoms with Crippen LogP contribution < -0.4 is 0 Å². The number of aliphatic carboxylic acids is 1. The second kappa shape index (κ2) is 4.78. The normalized spacial score (nSPS) is 10.6. The first-order valence-electron chi connectivity index (χ1n) is 5.20. The highest BCUT2D eigenvalue weighted by molar-refractivity contribution is 6.30. The SMILES string of the molecule is Cc1nn(-c2ccc(F)cc2)c(Cl)c1CC(=O)O. The molecular formula is C12H10ClFN2O2. The molecule has 0 fully saturated rings. The van der Waals surface area contributed by atoms with E-state index in [2.05, 4.69) is 5.10 Å². The molecule has 0 unspecified atom stereocenters. The van der Waals surface area contributed by atoms with Gasteiger partial charge in [-0.15, -0.1) is 0 Å². The van der Waals surface area contributed by atoms with Crippen LogP contribution in [0.15, 0.2) is 24.3 Å². The molecule has 0 aliphatic rings. The maximum atomic E-state index is 12.8. The fraction of sp³-hybridized carbons (Fsp3) is 0.167. The summed E-state index contributed by atoms with van der Waals surface area (Å²) in [5, 5.41) is 13.2. The van der Waals surface area contributed by atoms with Crippen LogP contribution in [0, 0.1) is 12.7 Å². The summed E-state index contributed by atoms with van der Waals surface area (Å²) in [4.78, 5) is 10.7. The number of hydrogen-bond donors (Lipinski definition) is 1. The number of carboxylic acid groups (broad SMARTS) is 1. The molecule has 0 spiro atoms. The molecule has 6 heteroatoms. The van der Waals surface area contributed by atoms with Crippen molar-refractivity contribution in [2.45, 2.75) is 13.3 Å².